The molecular formula is C17H19NO2. The van der Waals surface area contributed by atoms with Crippen LogP contribution in [0.2, 0.25) is 0 Å². The molecule has 1 aromatic carbocycles. The third kappa shape index (κ3) is 3.28. The number of likely N-dealkylation sites (tertiary alicyclic amines) is 1. The Balaban J connectivity index is 2.01. The molecule has 3 heteroatoms. The molecule has 1 aromatic rings. The molecule has 1 saturated heterocycles. The topological polar surface area (TPSA) is 29.5 Å². The van der Waals surface area contributed by atoms with E-state index in [0.29, 0.717) is 19.4 Å². The maximum atomic E-state index is 12.0. The van der Waals surface area contributed by atoms with E-state index < -0.39 is 6.23 Å². The van der Waals surface area contributed by atoms with Crippen molar-refractivity contribution in [2.45, 2.75) is 38.1 Å². The molecule has 0 spiro atoms. The third-order valence-corrected chi connectivity index (χ3v) is 3.47. The monoisotopic (exact) mass is 269 g/mol. The Hall–Kier alpha value is -2.05. The summed E-state index contributed by atoms with van der Waals surface area (Å²) in [6, 6.07) is 9.93. The van der Waals surface area contributed by atoms with Crippen LogP contribution in [0, 0.1) is 12.3 Å². The lowest BCUT2D eigenvalue weighted by atomic mass is 10.1. The van der Waals surface area contributed by atoms with Crippen molar-refractivity contribution >= 4 is 5.91 Å². The van der Waals surface area contributed by atoms with E-state index in [1.54, 1.807) is 11.0 Å². The van der Waals surface area contributed by atoms with Gasteiger partial charge < -0.3 is 9.64 Å². The van der Waals surface area contributed by atoms with E-state index in [1.807, 2.05) is 30.3 Å². The lowest BCUT2D eigenvalue weighted by Crippen LogP contribution is -2.42. The van der Waals surface area contributed by atoms with Gasteiger partial charge in [-0.05, 0) is 18.1 Å². The summed E-state index contributed by atoms with van der Waals surface area (Å²) in [6.45, 7) is 4.22. The van der Waals surface area contributed by atoms with Gasteiger partial charge in [-0.2, -0.15) is 0 Å². The molecule has 0 aromatic heterocycles. The molecule has 2 rings (SSSR count). The van der Waals surface area contributed by atoms with Gasteiger partial charge >= 0.3 is 0 Å². The number of benzene rings is 1. The second-order valence-corrected chi connectivity index (χ2v) is 4.82. The highest BCUT2D eigenvalue weighted by Crippen LogP contribution is 2.25. The highest BCUT2D eigenvalue weighted by molar-refractivity contribution is 5.79. The quantitative estimate of drug-likeness (QED) is 0.587. The van der Waals surface area contributed by atoms with E-state index >= 15 is 0 Å². The Morgan fingerprint density at radius 2 is 2.25 bits per heavy atom. The molecule has 1 amide bonds. The Bertz CT molecular complexity index is 503. The maximum absolute atomic E-state index is 12.0. The van der Waals surface area contributed by atoms with Gasteiger partial charge in [0.1, 0.15) is 0 Å². The third-order valence-electron chi connectivity index (χ3n) is 3.47. The largest absolute Gasteiger partial charge is 0.350 e. The molecule has 104 valence electrons. The maximum Gasteiger partial charge on any atom is 0.225 e. The van der Waals surface area contributed by atoms with Gasteiger partial charge in [-0.1, -0.05) is 36.9 Å². The van der Waals surface area contributed by atoms with Crippen molar-refractivity contribution in [3.8, 4) is 12.3 Å². The molecule has 0 saturated carbocycles. The van der Waals surface area contributed by atoms with E-state index in [2.05, 4.69) is 12.5 Å². The summed E-state index contributed by atoms with van der Waals surface area (Å²) in [4.78, 5) is 13.7. The van der Waals surface area contributed by atoms with Crippen LogP contribution in [0.1, 0.15) is 24.8 Å². The van der Waals surface area contributed by atoms with Crippen LogP contribution in [0.5, 0.6) is 0 Å². The zero-order chi connectivity index (χ0) is 14.4. The molecule has 1 aliphatic heterocycles. The molecule has 0 aliphatic carbocycles. The van der Waals surface area contributed by atoms with Gasteiger partial charge in [-0.15, -0.1) is 12.3 Å². The van der Waals surface area contributed by atoms with Crippen molar-refractivity contribution in [3.05, 3.63) is 48.6 Å². The van der Waals surface area contributed by atoms with Gasteiger partial charge in [0.25, 0.3) is 0 Å². The molecule has 0 bridgehead atoms. The fourth-order valence-corrected chi connectivity index (χ4v) is 2.47. The van der Waals surface area contributed by atoms with Crippen molar-refractivity contribution in [1.82, 2.24) is 4.90 Å². The van der Waals surface area contributed by atoms with Crippen LogP contribution < -0.4 is 0 Å². The Morgan fingerprint density at radius 1 is 1.50 bits per heavy atom. The fraction of sp³-hybridized carbons (Fsp3) is 0.353. The van der Waals surface area contributed by atoms with Gasteiger partial charge in [-0.25, -0.2) is 0 Å². The summed E-state index contributed by atoms with van der Waals surface area (Å²) >= 11 is 0. The first-order chi connectivity index (χ1) is 9.76. The summed E-state index contributed by atoms with van der Waals surface area (Å²) in [7, 11) is 0. The molecule has 0 radical (unpaired) electrons. The van der Waals surface area contributed by atoms with Crippen LogP contribution in [-0.4, -0.2) is 23.1 Å². The van der Waals surface area contributed by atoms with Crippen LogP contribution in [0.25, 0.3) is 0 Å². The summed E-state index contributed by atoms with van der Waals surface area (Å²) in [5.41, 5.74) is 1.07. The van der Waals surface area contributed by atoms with Gasteiger partial charge in [0, 0.05) is 18.9 Å². The SMILES string of the molecule is C#CCC1CCC(=O)N1C(C=C)OCc1ccccc1. The second kappa shape index (κ2) is 6.93. The lowest BCUT2D eigenvalue weighted by Gasteiger charge is -2.30. The van der Waals surface area contributed by atoms with Crippen molar-refractivity contribution < 1.29 is 9.53 Å². The number of carbonyl (C=O) groups is 1. The average Bonchev–Trinajstić information content (AvgIpc) is 2.83. The first-order valence-corrected chi connectivity index (χ1v) is 6.79. The average molecular weight is 269 g/mol. The summed E-state index contributed by atoms with van der Waals surface area (Å²) in [5.74, 6) is 2.72. The van der Waals surface area contributed by atoms with Gasteiger partial charge in [0.15, 0.2) is 6.23 Å². The summed E-state index contributed by atoms with van der Waals surface area (Å²) < 4.78 is 5.83. The van der Waals surface area contributed by atoms with Crippen molar-refractivity contribution in [2.75, 3.05) is 0 Å². The molecule has 3 nitrogen and oxygen atoms in total. The minimum absolute atomic E-state index is 0.0614. The minimum Gasteiger partial charge on any atom is -0.350 e. The molecule has 2 unspecified atom stereocenters. The van der Waals surface area contributed by atoms with Gasteiger partial charge in [0.2, 0.25) is 5.91 Å². The number of hydrogen-bond acceptors (Lipinski definition) is 2. The van der Waals surface area contributed by atoms with Crippen LogP contribution >= 0.6 is 0 Å². The number of rotatable bonds is 6. The number of amides is 1. The molecular weight excluding hydrogens is 250 g/mol. The predicted octanol–water partition coefficient (Wildman–Crippen LogP) is 2.73. The summed E-state index contributed by atoms with van der Waals surface area (Å²) in [6.07, 6.45) is 8.50. The first kappa shape index (κ1) is 14.4. The standard InChI is InChI=1S/C17H19NO2/c1-3-8-15-11-12-16(19)18(15)17(4-2)20-13-14-9-6-5-7-10-14/h1,4-7,9-10,15,17H,2,8,11-13H2. The number of hydrogen-bond donors (Lipinski definition) is 0. The molecule has 2 atom stereocenters. The van der Waals surface area contributed by atoms with Crippen LogP contribution in [-0.2, 0) is 16.1 Å². The van der Waals surface area contributed by atoms with Gasteiger partial charge in [-0.3, -0.25) is 4.79 Å². The van der Waals surface area contributed by atoms with E-state index in [-0.39, 0.29) is 11.9 Å². The van der Waals surface area contributed by atoms with Crippen LogP contribution in [0.3, 0.4) is 0 Å². The molecule has 20 heavy (non-hydrogen) atoms. The number of ether oxygens (including phenoxy) is 1. The zero-order valence-electron chi connectivity index (χ0n) is 11.5. The number of carbonyl (C=O) groups excluding carboxylic acids is 1. The fourth-order valence-electron chi connectivity index (χ4n) is 2.47. The van der Waals surface area contributed by atoms with Crippen LogP contribution in [0.15, 0.2) is 43.0 Å². The van der Waals surface area contributed by atoms with Crippen molar-refractivity contribution in [2.24, 2.45) is 0 Å². The zero-order valence-corrected chi connectivity index (χ0v) is 11.5. The van der Waals surface area contributed by atoms with E-state index in [4.69, 9.17) is 11.2 Å². The first-order valence-electron chi connectivity index (χ1n) is 6.79. The van der Waals surface area contributed by atoms with Crippen molar-refractivity contribution in [1.29, 1.82) is 0 Å². The smallest absolute Gasteiger partial charge is 0.225 e. The Kier molecular flexibility index (Phi) is 4.97. The molecule has 1 fully saturated rings. The highest BCUT2D eigenvalue weighted by atomic mass is 16.5. The minimum atomic E-state index is -0.413. The molecule has 1 heterocycles. The lowest BCUT2D eigenvalue weighted by molar-refractivity contribution is -0.140. The molecule has 1 aliphatic rings. The normalized spacial score (nSPS) is 19.6. The molecule has 0 N–H and O–H groups in total. The van der Waals surface area contributed by atoms with Gasteiger partial charge in [0.05, 0.1) is 6.61 Å². The van der Waals surface area contributed by atoms with Crippen LogP contribution in [0.4, 0.5) is 0 Å². The Labute approximate surface area is 120 Å². The Morgan fingerprint density at radius 3 is 2.90 bits per heavy atom. The van der Waals surface area contributed by atoms with E-state index in [1.165, 1.54) is 0 Å². The van der Waals surface area contributed by atoms with E-state index in [0.717, 1.165) is 12.0 Å². The number of nitrogens with zero attached hydrogens (tertiary/aromatic N) is 1. The van der Waals surface area contributed by atoms with Crippen molar-refractivity contribution in [3.63, 3.8) is 0 Å². The highest BCUT2D eigenvalue weighted by Gasteiger charge is 2.34. The van der Waals surface area contributed by atoms with E-state index in [9.17, 15) is 4.79 Å². The predicted molar refractivity (Wildman–Crippen MR) is 78.5 cm³/mol. The number of terminal acetylenes is 1. The second-order valence-electron chi connectivity index (χ2n) is 4.82. The summed E-state index contributed by atoms with van der Waals surface area (Å²) in [5, 5.41) is 0.